The standard InChI is InChI=1S/C25H22O5/c1-16-11-21(29-15-17-7-9-19(27-2)10-8-17)14-22-24(16)25(26)23(30-22)13-18-5-4-6-20(12-18)28-3/h4-14H,15H2,1-3H3/b23-13-. The fraction of sp³-hybridized carbons (Fsp3) is 0.160. The maximum atomic E-state index is 12.9. The second-order valence-electron chi connectivity index (χ2n) is 6.97. The second-order valence-corrected chi connectivity index (χ2v) is 6.97. The zero-order valence-electron chi connectivity index (χ0n) is 17.1. The molecule has 0 aliphatic carbocycles. The Balaban J connectivity index is 1.53. The zero-order chi connectivity index (χ0) is 21.1. The summed E-state index contributed by atoms with van der Waals surface area (Å²) >= 11 is 0. The van der Waals surface area contributed by atoms with Crippen LogP contribution in [0.2, 0.25) is 0 Å². The molecule has 5 nitrogen and oxygen atoms in total. The van der Waals surface area contributed by atoms with Crippen LogP contribution >= 0.6 is 0 Å². The van der Waals surface area contributed by atoms with Gasteiger partial charge in [-0.3, -0.25) is 4.79 Å². The molecule has 152 valence electrons. The molecule has 3 aromatic carbocycles. The summed E-state index contributed by atoms with van der Waals surface area (Å²) in [7, 11) is 3.24. The summed E-state index contributed by atoms with van der Waals surface area (Å²) in [5, 5.41) is 0. The topological polar surface area (TPSA) is 54.0 Å². The van der Waals surface area contributed by atoms with Gasteiger partial charge >= 0.3 is 0 Å². The average Bonchev–Trinajstić information content (AvgIpc) is 3.08. The number of ketones is 1. The highest BCUT2D eigenvalue weighted by atomic mass is 16.5. The van der Waals surface area contributed by atoms with E-state index in [9.17, 15) is 4.79 Å². The minimum absolute atomic E-state index is 0.132. The summed E-state index contributed by atoms with van der Waals surface area (Å²) in [6, 6.07) is 18.8. The van der Waals surface area contributed by atoms with Crippen molar-refractivity contribution in [3.05, 3.63) is 88.7 Å². The molecule has 0 aromatic heterocycles. The number of Topliss-reactive ketones (excluding diaryl/α,β-unsaturated/α-hetero) is 1. The first-order valence-corrected chi connectivity index (χ1v) is 9.56. The van der Waals surface area contributed by atoms with Crippen molar-refractivity contribution in [1.29, 1.82) is 0 Å². The predicted octanol–water partition coefficient (Wildman–Crippen LogP) is 5.21. The number of rotatable bonds is 6. The fourth-order valence-corrected chi connectivity index (χ4v) is 3.33. The van der Waals surface area contributed by atoms with Crippen LogP contribution in [0.4, 0.5) is 0 Å². The maximum absolute atomic E-state index is 12.9. The molecule has 0 unspecified atom stereocenters. The molecule has 1 aliphatic heterocycles. The van der Waals surface area contributed by atoms with E-state index in [1.807, 2.05) is 61.5 Å². The molecule has 0 saturated carbocycles. The lowest BCUT2D eigenvalue weighted by Crippen LogP contribution is -2.00. The summed E-state index contributed by atoms with van der Waals surface area (Å²) in [6.45, 7) is 2.29. The van der Waals surface area contributed by atoms with Crippen LogP contribution in [0.15, 0.2) is 66.4 Å². The molecule has 0 atom stereocenters. The number of aryl methyl sites for hydroxylation is 1. The van der Waals surface area contributed by atoms with Crippen LogP contribution < -0.4 is 18.9 Å². The van der Waals surface area contributed by atoms with Gasteiger partial charge in [-0.25, -0.2) is 0 Å². The monoisotopic (exact) mass is 402 g/mol. The number of carbonyl (C=O) groups is 1. The number of methoxy groups -OCH3 is 2. The quantitative estimate of drug-likeness (QED) is 0.530. The Kier molecular flexibility index (Phi) is 5.44. The largest absolute Gasteiger partial charge is 0.497 e. The summed E-state index contributed by atoms with van der Waals surface area (Å²) < 4.78 is 22.2. The molecule has 0 spiro atoms. The Morgan fingerprint density at radius 2 is 1.67 bits per heavy atom. The lowest BCUT2D eigenvalue weighted by molar-refractivity contribution is 0.101. The highest BCUT2D eigenvalue weighted by molar-refractivity contribution is 6.15. The van der Waals surface area contributed by atoms with E-state index >= 15 is 0 Å². The van der Waals surface area contributed by atoms with Gasteiger partial charge in [-0.05, 0) is 60.0 Å². The third-order valence-electron chi connectivity index (χ3n) is 4.90. The van der Waals surface area contributed by atoms with Crippen molar-refractivity contribution < 1.29 is 23.7 Å². The zero-order valence-corrected chi connectivity index (χ0v) is 17.1. The number of benzene rings is 3. The third-order valence-corrected chi connectivity index (χ3v) is 4.90. The lowest BCUT2D eigenvalue weighted by Gasteiger charge is -2.09. The van der Waals surface area contributed by atoms with Gasteiger partial charge in [0.1, 0.15) is 29.6 Å². The van der Waals surface area contributed by atoms with E-state index in [4.69, 9.17) is 18.9 Å². The van der Waals surface area contributed by atoms with Crippen molar-refractivity contribution in [2.24, 2.45) is 0 Å². The average molecular weight is 402 g/mol. The highest BCUT2D eigenvalue weighted by Gasteiger charge is 2.30. The van der Waals surface area contributed by atoms with Crippen LogP contribution in [0.1, 0.15) is 27.0 Å². The van der Waals surface area contributed by atoms with Crippen molar-refractivity contribution in [2.45, 2.75) is 13.5 Å². The van der Waals surface area contributed by atoms with Crippen molar-refractivity contribution in [3.63, 3.8) is 0 Å². The van der Waals surface area contributed by atoms with Gasteiger partial charge in [0.15, 0.2) is 5.76 Å². The van der Waals surface area contributed by atoms with Gasteiger partial charge in [-0.1, -0.05) is 24.3 Å². The van der Waals surface area contributed by atoms with E-state index in [0.717, 1.165) is 28.2 Å². The van der Waals surface area contributed by atoms with Gasteiger partial charge in [-0.15, -0.1) is 0 Å². The molecule has 0 N–H and O–H groups in total. The van der Waals surface area contributed by atoms with Crippen LogP contribution in [0, 0.1) is 6.92 Å². The summed E-state index contributed by atoms with van der Waals surface area (Å²) in [4.78, 5) is 12.9. The lowest BCUT2D eigenvalue weighted by atomic mass is 10.0. The molecule has 5 heteroatoms. The molecule has 0 saturated heterocycles. The maximum Gasteiger partial charge on any atom is 0.232 e. The molecule has 0 radical (unpaired) electrons. The Morgan fingerprint density at radius 1 is 0.900 bits per heavy atom. The Labute approximate surface area is 175 Å². The van der Waals surface area contributed by atoms with E-state index in [-0.39, 0.29) is 11.5 Å². The van der Waals surface area contributed by atoms with Crippen LogP contribution in [-0.4, -0.2) is 20.0 Å². The molecule has 3 aromatic rings. The SMILES string of the molecule is COc1ccc(COc2cc(C)c3c(c2)O/C(=C\c2cccc(OC)c2)C3=O)cc1. The first kappa shape index (κ1) is 19.6. The van der Waals surface area contributed by atoms with E-state index in [0.29, 0.717) is 23.7 Å². The van der Waals surface area contributed by atoms with Crippen molar-refractivity contribution in [1.82, 2.24) is 0 Å². The van der Waals surface area contributed by atoms with Gasteiger partial charge in [-0.2, -0.15) is 0 Å². The molecule has 30 heavy (non-hydrogen) atoms. The molecule has 0 bridgehead atoms. The van der Waals surface area contributed by atoms with E-state index in [1.54, 1.807) is 26.4 Å². The van der Waals surface area contributed by atoms with Crippen LogP contribution in [0.3, 0.4) is 0 Å². The van der Waals surface area contributed by atoms with Crippen LogP contribution in [0.5, 0.6) is 23.0 Å². The minimum Gasteiger partial charge on any atom is -0.497 e. The van der Waals surface area contributed by atoms with E-state index in [2.05, 4.69) is 0 Å². The first-order chi connectivity index (χ1) is 14.6. The van der Waals surface area contributed by atoms with Gasteiger partial charge in [0.25, 0.3) is 0 Å². The van der Waals surface area contributed by atoms with Crippen molar-refractivity contribution in [2.75, 3.05) is 14.2 Å². The highest BCUT2D eigenvalue weighted by Crippen LogP contribution is 2.38. The van der Waals surface area contributed by atoms with Gasteiger partial charge in [0.05, 0.1) is 19.8 Å². The molecule has 1 heterocycles. The number of carbonyl (C=O) groups excluding carboxylic acids is 1. The normalized spacial score (nSPS) is 13.7. The number of hydrogen-bond acceptors (Lipinski definition) is 5. The summed E-state index contributed by atoms with van der Waals surface area (Å²) in [5.41, 5.74) is 3.24. The van der Waals surface area contributed by atoms with Gasteiger partial charge < -0.3 is 18.9 Å². The molecular weight excluding hydrogens is 380 g/mol. The van der Waals surface area contributed by atoms with Crippen LogP contribution in [-0.2, 0) is 6.61 Å². The minimum atomic E-state index is -0.132. The van der Waals surface area contributed by atoms with Crippen molar-refractivity contribution >= 4 is 11.9 Å². The second kappa shape index (κ2) is 8.33. The smallest absolute Gasteiger partial charge is 0.232 e. The van der Waals surface area contributed by atoms with Crippen molar-refractivity contribution in [3.8, 4) is 23.0 Å². The van der Waals surface area contributed by atoms with Crippen LogP contribution in [0.25, 0.3) is 6.08 Å². The predicted molar refractivity (Wildman–Crippen MR) is 114 cm³/mol. The summed E-state index contributed by atoms with van der Waals surface area (Å²) in [5.74, 6) is 2.84. The van der Waals surface area contributed by atoms with Gasteiger partial charge in [0, 0.05) is 6.07 Å². The van der Waals surface area contributed by atoms with Gasteiger partial charge in [0.2, 0.25) is 5.78 Å². The number of hydrogen-bond donors (Lipinski definition) is 0. The fourth-order valence-electron chi connectivity index (χ4n) is 3.33. The summed E-state index contributed by atoms with van der Waals surface area (Å²) in [6.07, 6.45) is 1.72. The molecule has 4 rings (SSSR count). The number of fused-ring (bicyclic) bond motifs is 1. The molecule has 1 aliphatic rings. The Hall–Kier alpha value is -3.73. The van der Waals surface area contributed by atoms with E-state index in [1.165, 1.54) is 0 Å². The molecule has 0 fully saturated rings. The Morgan fingerprint density at radius 3 is 2.40 bits per heavy atom. The Bertz CT molecular complexity index is 1110. The third kappa shape index (κ3) is 4.01. The molecular formula is C25H22O5. The number of allylic oxidation sites excluding steroid dienone is 1. The van der Waals surface area contributed by atoms with E-state index < -0.39 is 0 Å². The number of ether oxygens (including phenoxy) is 4. The first-order valence-electron chi connectivity index (χ1n) is 9.56. The molecule has 0 amide bonds.